The average molecular weight is 464 g/mol. The Balaban J connectivity index is 1.98. The summed E-state index contributed by atoms with van der Waals surface area (Å²) in [5, 5.41) is 0. The number of nitrogens with zero attached hydrogens (tertiary/aromatic N) is 1. The van der Waals surface area contributed by atoms with Gasteiger partial charge in [-0.1, -0.05) is 19.1 Å². The summed E-state index contributed by atoms with van der Waals surface area (Å²) in [5.74, 6) is 0.00598. The van der Waals surface area contributed by atoms with Gasteiger partial charge in [0.2, 0.25) is 0 Å². The molecule has 0 N–H and O–H groups in total. The number of aromatic nitrogens is 1. The van der Waals surface area contributed by atoms with Crippen LogP contribution in [0, 0.1) is 0 Å². The first-order valence-corrected chi connectivity index (χ1v) is 11.2. The van der Waals surface area contributed by atoms with Crippen LogP contribution in [0.3, 0.4) is 0 Å². The van der Waals surface area contributed by atoms with Crippen molar-refractivity contribution in [1.82, 2.24) is 4.57 Å². The second-order valence-electron chi connectivity index (χ2n) is 7.64. The number of ketones is 2. The summed E-state index contributed by atoms with van der Waals surface area (Å²) in [5.41, 5.74) is 2.02. The Bertz CT molecular complexity index is 1140. The van der Waals surface area contributed by atoms with Crippen molar-refractivity contribution in [1.29, 1.82) is 0 Å². The standard InChI is InChI=1S/C27H29NO6/c1-5-20-11-16-24(28(20)27(31)34-6-2)25(29)17-23(18-7-12-21(32-3)13-8-18)26(30)19-9-14-22(33-4)15-10-19/h7-16,23H,5-6,17H2,1-4H3. The third kappa shape index (κ3) is 5.36. The van der Waals surface area contributed by atoms with Crippen LogP contribution in [0.4, 0.5) is 4.79 Å². The second kappa shape index (κ2) is 11.3. The van der Waals surface area contributed by atoms with E-state index in [1.807, 2.05) is 6.92 Å². The first-order chi connectivity index (χ1) is 16.4. The third-order valence-electron chi connectivity index (χ3n) is 5.66. The Kier molecular flexibility index (Phi) is 8.24. The fourth-order valence-electron chi connectivity index (χ4n) is 3.82. The number of hydrogen-bond acceptors (Lipinski definition) is 6. The molecule has 1 heterocycles. The third-order valence-corrected chi connectivity index (χ3v) is 5.66. The van der Waals surface area contributed by atoms with Gasteiger partial charge in [-0.05, 0) is 67.4 Å². The zero-order valence-corrected chi connectivity index (χ0v) is 19.9. The van der Waals surface area contributed by atoms with E-state index in [4.69, 9.17) is 14.2 Å². The van der Waals surface area contributed by atoms with Crippen LogP contribution < -0.4 is 9.47 Å². The van der Waals surface area contributed by atoms with Crippen molar-refractivity contribution in [2.45, 2.75) is 32.6 Å². The quantitative estimate of drug-likeness (QED) is 0.379. The highest BCUT2D eigenvalue weighted by atomic mass is 16.5. The molecule has 1 unspecified atom stereocenters. The van der Waals surface area contributed by atoms with Crippen molar-refractivity contribution < 1.29 is 28.6 Å². The highest BCUT2D eigenvalue weighted by Crippen LogP contribution is 2.29. The van der Waals surface area contributed by atoms with Crippen molar-refractivity contribution in [3.05, 3.63) is 83.2 Å². The molecule has 34 heavy (non-hydrogen) atoms. The summed E-state index contributed by atoms with van der Waals surface area (Å²) < 4.78 is 16.9. The molecule has 3 rings (SSSR count). The van der Waals surface area contributed by atoms with Crippen LogP contribution in [0.5, 0.6) is 11.5 Å². The highest BCUT2D eigenvalue weighted by Gasteiger charge is 2.28. The van der Waals surface area contributed by atoms with Gasteiger partial charge < -0.3 is 14.2 Å². The van der Waals surface area contributed by atoms with E-state index in [0.717, 1.165) is 0 Å². The van der Waals surface area contributed by atoms with E-state index in [1.54, 1.807) is 81.8 Å². The first-order valence-electron chi connectivity index (χ1n) is 11.2. The molecule has 0 saturated heterocycles. The molecule has 0 aliphatic carbocycles. The van der Waals surface area contributed by atoms with Gasteiger partial charge in [-0.2, -0.15) is 0 Å². The number of hydrogen-bond donors (Lipinski definition) is 0. The minimum Gasteiger partial charge on any atom is -0.497 e. The second-order valence-corrected chi connectivity index (χ2v) is 7.64. The van der Waals surface area contributed by atoms with E-state index in [0.29, 0.717) is 34.7 Å². The number of ether oxygens (including phenoxy) is 3. The topological polar surface area (TPSA) is 83.8 Å². The largest absolute Gasteiger partial charge is 0.497 e. The van der Waals surface area contributed by atoms with E-state index in [1.165, 1.54) is 4.57 Å². The average Bonchev–Trinajstić information content (AvgIpc) is 3.31. The van der Waals surface area contributed by atoms with E-state index in [9.17, 15) is 14.4 Å². The monoisotopic (exact) mass is 463 g/mol. The molecule has 1 aromatic heterocycles. The normalized spacial score (nSPS) is 11.5. The molecule has 178 valence electrons. The van der Waals surface area contributed by atoms with Crippen molar-refractivity contribution >= 4 is 17.7 Å². The van der Waals surface area contributed by atoms with Gasteiger partial charge in [-0.25, -0.2) is 9.36 Å². The number of methoxy groups -OCH3 is 2. The molecule has 7 nitrogen and oxygen atoms in total. The van der Waals surface area contributed by atoms with Crippen LogP contribution in [0.15, 0.2) is 60.7 Å². The molecule has 0 saturated carbocycles. The van der Waals surface area contributed by atoms with Gasteiger partial charge >= 0.3 is 6.09 Å². The van der Waals surface area contributed by atoms with E-state index in [2.05, 4.69) is 0 Å². The summed E-state index contributed by atoms with van der Waals surface area (Å²) >= 11 is 0. The summed E-state index contributed by atoms with van der Waals surface area (Å²) in [6, 6.07) is 17.2. The highest BCUT2D eigenvalue weighted by molar-refractivity contribution is 6.06. The molecule has 0 spiro atoms. The van der Waals surface area contributed by atoms with Gasteiger partial charge in [-0.3, -0.25) is 9.59 Å². The van der Waals surface area contributed by atoms with Crippen molar-refractivity contribution in [2.75, 3.05) is 20.8 Å². The molecule has 0 amide bonds. The van der Waals surface area contributed by atoms with Crippen molar-refractivity contribution in [2.24, 2.45) is 0 Å². The Morgan fingerprint density at radius 1 is 0.824 bits per heavy atom. The molecule has 0 fully saturated rings. The summed E-state index contributed by atoms with van der Waals surface area (Å²) in [7, 11) is 3.12. The lowest BCUT2D eigenvalue weighted by Crippen LogP contribution is -2.23. The molecule has 0 bridgehead atoms. The molecule has 0 radical (unpaired) electrons. The summed E-state index contributed by atoms with van der Waals surface area (Å²) in [6.07, 6.45) is -0.155. The van der Waals surface area contributed by atoms with E-state index < -0.39 is 12.0 Å². The van der Waals surface area contributed by atoms with Crippen molar-refractivity contribution in [3.8, 4) is 11.5 Å². The smallest absolute Gasteiger partial charge is 0.418 e. The molecule has 0 aliphatic heterocycles. The molecule has 7 heteroatoms. The van der Waals surface area contributed by atoms with Gasteiger partial charge in [0.05, 0.1) is 32.4 Å². The number of carbonyl (C=O) groups excluding carboxylic acids is 3. The predicted molar refractivity (Wildman–Crippen MR) is 128 cm³/mol. The minimum atomic E-state index is -0.748. The van der Waals surface area contributed by atoms with Gasteiger partial charge in [0, 0.05) is 17.7 Å². The lowest BCUT2D eigenvalue weighted by Gasteiger charge is -2.17. The number of carbonyl (C=O) groups is 3. The maximum Gasteiger partial charge on any atom is 0.418 e. The van der Waals surface area contributed by atoms with Gasteiger partial charge in [0.1, 0.15) is 11.5 Å². The predicted octanol–water partition coefficient (Wildman–Crippen LogP) is 5.31. The van der Waals surface area contributed by atoms with E-state index in [-0.39, 0.29) is 30.3 Å². The summed E-state index contributed by atoms with van der Waals surface area (Å²) in [4.78, 5) is 39.5. The molecule has 3 aromatic rings. The molecular weight excluding hydrogens is 434 g/mol. The minimum absolute atomic E-state index is 0.107. The van der Waals surface area contributed by atoms with Gasteiger partial charge in [0.25, 0.3) is 0 Å². The lowest BCUT2D eigenvalue weighted by atomic mass is 9.86. The molecule has 2 aromatic carbocycles. The van der Waals surface area contributed by atoms with Crippen molar-refractivity contribution in [3.63, 3.8) is 0 Å². The number of Topliss-reactive ketones (excluding diaryl/α,β-unsaturated/α-hetero) is 2. The summed E-state index contributed by atoms with van der Waals surface area (Å²) in [6.45, 7) is 3.80. The Morgan fingerprint density at radius 2 is 1.41 bits per heavy atom. The van der Waals surface area contributed by atoms with Crippen LogP contribution in [-0.2, 0) is 11.2 Å². The fourth-order valence-corrected chi connectivity index (χ4v) is 3.82. The Hall–Kier alpha value is -3.87. The maximum atomic E-state index is 13.5. The number of rotatable bonds is 10. The van der Waals surface area contributed by atoms with E-state index >= 15 is 0 Å². The van der Waals surface area contributed by atoms with Crippen LogP contribution in [0.25, 0.3) is 0 Å². The van der Waals surface area contributed by atoms with Crippen LogP contribution >= 0.6 is 0 Å². The molecular formula is C27H29NO6. The maximum absolute atomic E-state index is 13.5. The molecule has 0 aliphatic rings. The van der Waals surface area contributed by atoms with Crippen LogP contribution in [0.1, 0.15) is 58.3 Å². The molecule has 1 atom stereocenters. The zero-order chi connectivity index (χ0) is 24.7. The van der Waals surface area contributed by atoms with Crippen LogP contribution in [0.2, 0.25) is 0 Å². The Labute approximate surface area is 199 Å². The lowest BCUT2D eigenvalue weighted by molar-refractivity contribution is 0.0887. The van der Waals surface area contributed by atoms with Crippen LogP contribution in [-0.4, -0.2) is 43.1 Å². The van der Waals surface area contributed by atoms with Gasteiger partial charge in [0.15, 0.2) is 11.6 Å². The fraction of sp³-hybridized carbons (Fsp3) is 0.296. The zero-order valence-electron chi connectivity index (χ0n) is 19.9. The van der Waals surface area contributed by atoms with Gasteiger partial charge in [-0.15, -0.1) is 0 Å². The number of aryl methyl sites for hydroxylation is 1. The first kappa shape index (κ1) is 24.8. The Morgan fingerprint density at radius 3 is 1.94 bits per heavy atom. The SMILES string of the molecule is CCOC(=O)n1c(CC)ccc1C(=O)CC(C(=O)c1ccc(OC)cc1)c1ccc(OC)cc1. The number of benzene rings is 2.